The zero-order valence-corrected chi connectivity index (χ0v) is 14.4. The van der Waals surface area contributed by atoms with Crippen LogP contribution in [-0.2, 0) is 6.42 Å². The Morgan fingerprint density at radius 2 is 2.05 bits per heavy atom. The van der Waals surface area contributed by atoms with Crippen LogP contribution in [0.5, 0.6) is 5.75 Å². The maximum atomic E-state index is 13.5. The van der Waals surface area contributed by atoms with Crippen molar-refractivity contribution in [3.63, 3.8) is 0 Å². The molecule has 0 bridgehead atoms. The summed E-state index contributed by atoms with van der Waals surface area (Å²) >= 11 is 2.25. The molecule has 6 heteroatoms. The van der Waals surface area contributed by atoms with Gasteiger partial charge in [-0.2, -0.15) is 0 Å². The predicted octanol–water partition coefficient (Wildman–Crippen LogP) is 3.89. The van der Waals surface area contributed by atoms with E-state index in [2.05, 4.69) is 44.8 Å². The largest absolute Gasteiger partial charge is 0.494 e. The van der Waals surface area contributed by atoms with Crippen molar-refractivity contribution in [3.8, 4) is 17.1 Å². The van der Waals surface area contributed by atoms with Gasteiger partial charge in [0.15, 0.2) is 17.4 Å². The molecule has 21 heavy (non-hydrogen) atoms. The third-order valence-corrected chi connectivity index (χ3v) is 4.14. The average molecular weight is 401 g/mol. The van der Waals surface area contributed by atoms with Crippen molar-refractivity contribution < 1.29 is 9.13 Å². The summed E-state index contributed by atoms with van der Waals surface area (Å²) in [6.07, 6.45) is 0.810. The first-order chi connectivity index (χ1) is 10.1. The van der Waals surface area contributed by atoms with E-state index in [0.29, 0.717) is 5.82 Å². The molecule has 2 aromatic rings. The highest BCUT2D eigenvalue weighted by Crippen LogP contribution is 2.27. The fourth-order valence-electron chi connectivity index (χ4n) is 1.94. The third-order valence-electron chi connectivity index (χ3n) is 3.01. The standard InChI is InChI=1S/C15H17FIN3O/c1-4-11-13(17)15(18-5-2)20-14(19-11)9-6-7-10(16)12(8-9)21-3/h6-8H,4-5H2,1-3H3,(H,18,19,20). The fourth-order valence-corrected chi connectivity index (χ4v) is 2.75. The van der Waals surface area contributed by atoms with Crippen LogP contribution in [0.2, 0.25) is 0 Å². The van der Waals surface area contributed by atoms with Gasteiger partial charge in [-0.15, -0.1) is 0 Å². The van der Waals surface area contributed by atoms with Crippen LogP contribution in [0, 0.1) is 9.39 Å². The van der Waals surface area contributed by atoms with E-state index in [1.54, 1.807) is 12.1 Å². The molecule has 0 aliphatic carbocycles. The number of rotatable bonds is 5. The smallest absolute Gasteiger partial charge is 0.165 e. The monoisotopic (exact) mass is 401 g/mol. The van der Waals surface area contributed by atoms with Gasteiger partial charge in [-0.1, -0.05) is 6.92 Å². The number of benzene rings is 1. The number of nitrogens with one attached hydrogen (secondary N) is 1. The van der Waals surface area contributed by atoms with E-state index in [0.717, 1.165) is 33.6 Å². The fraction of sp³-hybridized carbons (Fsp3) is 0.333. The number of anilines is 1. The molecule has 0 saturated heterocycles. The molecule has 0 unspecified atom stereocenters. The highest BCUT2D eigenvalue weighted by Gasteiger charge is 2.13. The lowest BCUT2D eigenvalue weighted by atomic mass is 10.2. The molecule has 1 aromatic heterocycles. The highest BCUT2D eigenvalue weighted by molar-refractivity contribution is 14.1. The van der Waals surface area contributed by atoms with Gasteiger partial charge in [0.2, 0.25) is 0 Å². The number of nitrogens with zero attached hydrogens (tertiary/aromatic N) is 2. The van der Waals surface area contributed by atoms with Crippen molar-refractivity contribution in [1.29, 1.82) is 0 Å². The normalized spacial score (nSPS) is 10.5. The molecular formula is C15H17FIN3O. The summed E-state index contributed by atoms with van der Waals surface area (Å²) in [7, 11) is 1.44. The van der Waals surface area contributed by atoms with E-state index in [1.807, 2.05) is 6.92 Å². The van der Waals surface area contributed by atoms with Gasteiger partial charge in [0.05, 0.1) is 16.4 Å². The molecule has 0 aliphatic rings. The molecule has 0 saturated carbocycles. The van der Waals surface area contributed by atoms with Gasteiger partial charge < -0.3 is 10.1 Å². The zero-order chi connectivity index (χ0) is 15.4. The summed E-state index contributed by atoms with van der Waals surface area (Å²) in [5.41, 5.74) is 1.71. The summed E-state index contributed by atoms with van der Waals surface area (Å²) in [5.74, 6) is 1.18. The molecule has 2 rings (SSSR count). The van der Waals surface area contributed by atoms with Crippen LogP contribution in [0.1, 0.15) is 19.5 Å². The van der Waals surface area contributed by atoms with Crippen molar-refractivity contribution >= 4 is 28.4 Å². The number of hydrogen-bond acceptors (Lipinski definition) is 4. The molecule has 0 aliphatic heterocycles. The van der Waals surface area contributed by atoms with Gasteiger partial charge in [-0.3, -0.25) is 0 Å². The Bertz CT molecular complexity index is 649. The zero-order valence-electron chi connectivity index (χ0n) is 12.2. The number of methoxy groups -OCH3 is 1. The summed E-state index contributed by atoms with van der Waals surface area (Å²) in [5, 5.41) is 3.24. The minimum absolute atomic E-state index is 0.192. The van der Waals surface area contributed by atoms with E-state index in [1.165, 1.54) is 13.2 Å². The predicted molar refractivity (Wildman–Crippen MR) is 90.2 cm³/mol. The SMILES string of the molecule is CCNc1nc(-c2ccc(F)c(OC)c2)nc(CC)c1I. The molecule has 0 radical (unpaired) electrons. The number of halogens is 2. The minimum atomic E-state index is -0.394. The molecule has 1 heterocycles. The van der Waals surface area contributed by atoms with Crippen LogP contribution in [0.15, 0.2) is 18.2 Å². The quantitative estimate of drug-likeness (QED) is 0.773. The average Bonchev–Trinajstić information content (AvgIpc) is 2.50. The number of aryl methyl sites for hydroxylation is 1. The third kappa shape index (κ3) is 3.42. The second-order valence-electron chi connectivity index (χ2n) is 4.39. The van der Waals surface area contributed by atoms with Crippen LogP contribution < -0.4 is 10.1 Å². The van der Waals surface area contributed by atoms with Crippen LogP contribution >= 0.6 is 22.6 Å². The van der Waals surface area contributed by atoms with Crippen LogP contribution in [-0.4, -0.2) is 23.6 Å². The van der Waals surface area contributed by atoms with E-state index in [9.17, 15) is 4.39 Å². The van der Waals surface area contributed by atoms with Crippen molar-refractivity contribution in [1.82, 2.24) is 9.97 Å². The highest BCUT2D eigenvalue weighted by atomic mass is 127. The van der Waals surface area contributed by atoms with Crippen molar-refractivity contribution in [2.75, 3.05) is 19.0 Å². The molecule has 1 aromatic carbocycles. The van der Waals surface area contributed by atoms with Crippen LogP contribution in [0.25, 0.3) is 11.4 Å². The van der Waals surface area contributed by atoms with Gasteiger partial charge in [0.25, 0.3) is 0 Å². The van der Waals surface area contributed by atoms with Crippen molar-refractivity contribution in [2.45, 2.75) is 20.3 Å². The number of ether oxygens (including phenoxy) is 1. The van der Waals surface area contributed by atoms with E-state index in [4.69, 9.17) is 4.74 Å². The van der Waals surface area contributed by atoms with Crippen molar-refractivity contribution in [2.24, 2.45) is 0 Å². The van der Waals surface area contributed by atoms with E-state index in [-0.39, 0.29) is 5.75 Å². The first-order valence-corrected chi connectivity index (χ1v) is 7.82. The molecule has 0 fully saturated rings. The van der Waals surface area contributed by atoms with Crippen molar-refractivity contribution in [3.05, 3.63) is 33.3 Å². The Morgan fingerprint density at radius 1 is 1.29 bits per heavy atom. The van der Waals surface area contributed by atoms with Gasteiger partial charge >= 0.3 is 0 Å². The topological polar surface area (TPSA) is 47.0 Å². The molecule has 4 nitrogen and oxygen atoms in total. The molecule has 0 spiro atoms. The Labute approximate surface area is 137 Å². The molecule has 1 N–H and O–H groups in total. The number of hydrogen-bond donors (Lipinski definition) is 1. The first-order valence-electron chi connectivity index (χ1n) is 6.74. The summed E-state index contributed by atoms with van der Waals surface area (Å²) in [6.45, 7) is 4.85. The lowest BCUT2D eigenvalue weighted by molar-refractivity contribution is 0.387. The second-order valence-corrected chi connectivity index (χ2v) is 5.47. The van der Waals surface area contributed by atoms with E-state index < -0.39 is 5.82 Å². The Kier molecular flexibility index (Phi) is 5.33. The Morgan fingerprint density at radius 3 is 2.67 bits per heavy atom. The lowest BCUT2D eigenvalue weighted by Crippen LogP contribution is -2.07. The van der Waals surface area contributed by atoms with E-state index >= 15 is 0 Å². The van der Waals surface area contributed by atoms with Crippen LogP contribution in [0.3, 0.4) is 0 Å². The maximum absolute atomic E-state index is 13.5. The maximum Gasteiger partial charge on any atom is 0.165 e. The Hall–Kier alpha value is -1.44. The summed E-state index contributed by atoms with van der Waals surface area (Å²) < 4.78 is 19.6. The van der Waals surface area contributed by atoms with Gasteiger partial charge in [0.1, 0.15) is 5.82 Å². The second kappa shape index (κ2) is 7.02. The van der Waals surface area contributed by atoms with Crippen LogP contribution in [0.4, 0.5) is 10.2 Å². The summed E-state index contributed by atoms with van der Waals surface area (Å²) in [4.78, 5) is 9.11. The first kappa shape index (κ1) is 15.9. The minimum Gasteiger partial charge on any atom is -0.494 e. The van der Waals surface area contributed by atoms with Gasteiger partial charge in [-0.05, 0) is 54.1 Å². The van der Waals surface area contributed by atoms with Gasteiger partial charge in [0, 0.05) is 12.1 Å². The molecular weight excluding hydrogens is 384 g/mol. The lowest BCUT2D eigenvalue weighted by Gasteiger charge is -2.12. The molecule has 0 amide bonds. The summed E-state index contributed by atoms with van der Waals surface area (Å²) in [6, 6.07) is 4.65. The number of aromatic nitrogens is 2. The molecule has 112 valence electrons. The van der Waals surface area contributed by atoms with Gasteiger partial charge in [-0.25, -0.2) is 14.4 Å². The molecule has 0 atom stereocenters. The Balaban J connectivity index is 2.55.